The molecular formula is C18H23N3O3S. The fourth-order valence-electron chi connectivity index (χ4n) is 2.30. The molecule has 3 N–H and O–H groups in total. The van der Waals surface area contributed by atoms with Gasteiger partial charge in [0.15, 0.2) is 0 Å². The second-order valence-corrected chi connectivity index (χ2v) is 6.60. The molecular weight excluding hydrogens is 338 g/mol. The number of anilines is 1. The van der Waals surface area contributed by atoms with E-state index in [-0.39, 0.29) is 11.9 Å². The molecule has 1 heterocycles. The lowest BCUT2D eigenvalue weighted by atomic mass is 10.2. The molecule has 0 unspecified atom stereocenters. The molecule has 6 nitrogen and oxygen atoms in total. The Balaban J connectivity index is 1.96. The van der Waals surface area contributed by atoms with Crippen molar-refractivity contribution >= 4 is 28.2 Å². The van der Waals surface area contributed by atoms with Gasteiger partial charge in [0.05, 0.1) is 18.2 Å². The summed E-state index contributed by atoms with van der Waals surface area (Å²) in [4.78, 5) is 25.7. The maximum absolute atomic E-state index is 12.4. The molecule has 0 aliphatic heterocycles. The first-order valence-corrected chi connectivity index (χ1v) is 8.90. The number of hydrogen-bond donors (Lipinski definition) is 2. The van der Waals surface area contributed by atoms with Crippen molar-refractivity contribution in [3.05, 3.63) is 46.8 Å². The monoisotopic (exact) mass is 361 g/mol. The van der Waals surface area contributed by atoms with Crippen LogP contribution in [0.25, 0.3) is 0 Å². The predicted molar refractivity (Wildman–Crippen MR) is 100 cm³/mol. The van der Waals surface area contributed by atoms with Crippen LogP contribution < -0.4 is 15.8 Å². The Morgan fingerprint density at radius 2 is 1.96 bits per heavy atom. The van der Waals surface area contributed by atoms with Crippen molar-refractivity contribution in [1.29, 1.82) is 0 Å². The third-order valence-corrected chi connectivity index (χ3v) is 4.70. The van der Waals surface area contributed by atoms with Crippen LogP contribution in [0.1, 0.15) is 29.8 Å². The Kier molecular flexibility index (Phi) is 6.55. The maximum Gasteiger partial charge on any atom is 0.251 e. The third kappa shape index (κ3) is 5.04. The largest absolute Gasteiger partial charge is 0.494 e. The molecule has 1 atom stereocenters. The van der Waals surface area contributed by atoms with Crippen LogP contribution in [0.2, 0.25) is 0 Å². The Morgan fingerprint density at radius 1 is 1.28 bits per heavy atom. The highest BCUT2D eigenvalue weighted by atomic mass is 32.1. The van der Waals surface area contributed by atoms with Gasteiger partial charge >= 0.3 is 0 Å². The Bertz CT molecular complexity index is 727. The zero-order valence-electron chi connectivity index (χ0n) is 14.6. The van der Waals surface area contributed by atoms with Crippen molar-refractivity contribution in [3.63, 3.8) is 0 Å². The summed E-state index contributed by atoms with van der Waals surface area (Å²) in [5.41, 5.74) is 6.72. The first-order chi connectivity index (χ1) is 11.9. The second kappa shape index (κ2) is 8.64. The fourth-order valence-corrected chi connectivity index (χ4v) is 3.09. The molecule has 0 saturated carbocycles. The third-order valence-electron chi connectivity index (χ3n) is 3.87. The summed E-state index contributed by atoms with van der Waals surface area (Å²) in [6.07, 6.45) is 0. The molecule has 0 aliphatic rings. The summed E-state index contributed by atoms with van der Waals surface area (Å²) >= 11 is 1.28. The summed E-state index contributed by atoms with van der Waals surface area (Å²) < 4.78 is 5.43. The van der Waals surface area contributed by atoms with Crippen LogP contribution in [0.5, 0.6) is 5.75 Å². The van der Waals surface area contributed by atoms with E-state index in [0.717, 1.165) is 11.3 Å². The number of ether oxygens (including phenoxy) is 1. The summed E-state index contributed by atoms with van der Waals surface area (Å²) in [7, 11) is 1.88. The van der Waals surface area contributed by atoms with Crippen LogP contribution in [0.4, 0.5) is 5.00 Å². The van der Waals surface area contributed by atoms with Crippen LogP contribution in [0.15, 0.2) is 35.7 Å². The van der Waals surface area contributed by atoms with E-state index in [1.807, 2.05) is 50.1 Å². The number of nitrogens with one attached hydrogen (secondary N) is 1. The second-order valence-electron chi connectivity index (χ2n) is 5.68. The summed E-state index contributed by atoms with van der Waals surface area (Å²) in [6.45, 7) is 5.02. The number of amides is 2. The molecule has 0 spiro atoms. The van der Waals surface area contributed by atoms with Gasteiger partial charge < -0.3 is 15.8 Å². The van der Waals surface area contributed by atoms with Gasteiger partial charge in [-0.3, -0.25) is 14.5 Å². The average Bonchev–Trinajstić information content (AvgIpc) is 3.04. The highest BCUT2D eigenvalue weighted by molar-refractivity contribution is 7.14. The van der Waals surface area contributed by atoms with Crippen molar-refractivity contribution in [1.82, 2.24) is 4.90 Å². The minimum Gasteiger partial charge on any atom is -0.494 e. The molecule has 2 rings (SSSR count). The van der Waals surface area contributed by atoms with Gasteiger partial charge in [0.1, 0.15) is 10.8 Å². The average molecular weight is 361 g/mol. The van der Waals surface area contributed by atoms with Crippen LogP contribution >= 0.6 is 11.3 Å². The van der Waals surface area contributed by atoms with Gasteiger partial charge in [0, 0.05) is 6.54 Å². The maximum atomic E-state index is 12.4. The van der Waals surface area contributed by atoms with Gasteiger partial charge in [-0.05, 0) is 50.0 Å². The van der Waals surface area contributed by atoms with Crippen LogP contribution in [0, 0.1) is 0 Å². The van der Waals surface area contributed by atoms with Crippen molar-refractivity contribution in [2.24, 2.45) is 5.73 Å². The summed E-state index contributed by atoms with van der Waals surface area (Å²) in [5.74, 6) is 0.0988. The number of rotatable bonds is 8. The molecule has 7 heteroatoms. The van der Waals surface area contributed by atoms with Gasteiger partial charge in [-0.2, -0.15) is 0 Å². The van der Waals surface area contributed by atoms with Crippen molar-refractivity contribution < 1.29 is 14.3 Å². The zero-order valence-corrected chi connectivity index (χ0v) is 15.4. The van der Waals surface area contributed by atoms with Gasteiger partial charge in [0.25, 0.3) is 5.91 Å². The summed E-state index contributed by atoms with van der Waals surface area (Å²) in [6, 6.07) is 9.04. The van der Waals surface area contributed by atoms with E-state index in [9.17, 15) is 9.59 Å². The molecule has 0 bridgehead atoms. The Morgan fingerprint density at radius 3 is 2.56 bits per heavy atom. The van der Waals surface area contributed by atoms with Crippen LogP contribution in [-0.4, -0.2) is 36.4 Å². The van der Waals surface area contributed by atoms with E-state index in [4.69, 9.17) is 10.5 Å². The number of hydrogen-bond acceptors (Lipinski definition) is 5. The number of primary amides is 1. The minimum atomic E-state index is -0.549. The number of nitrogens with two attached hydrogens (primary N) is 1. The SMILES string of the molecule is CCOc1ccc(CN(C)[C@@H](C)C(=O)Nc2sccc2C(N)=O)cc1. The molecule has 0 aliphatic carbocycles. The highest BCUT2D eigenvalue weighted by Crippen LogP contribution is 2.23. The number of nitrogens with zero attached hydrogens (tertiary/aromatic N) is 1. The highest BCUT2D eigenvalue weighted by Gasteiger charge is 2.20. The Hall–Kier alpha value is -2.38. The number of benzene rings is 1. The molecule has 1 aromatic heterocycles. The van der Waals surface area contributed by atoms with Crippen LogP contribution in [-0.2, 0) is 11.3 Å². The standard InChI is InChI=1S/C18H23N3O3S/c1-4-24-14-7-5-13(6-8-14)11-21(3)12(2)17(23)20-18-15(16(19)22)9-10-25-18/h5-10,12H,4,11H2,1-3H3,(H2,19,22)(H,20,23)/t12-/m0/s1. The van der Waals surface area contributed by atoms with Gasteiger partial charge in [-0.1, -0.05) is 12.1 Å². The molecule has 0 saturated heterocycles. The molecule has 2 amide bonds. The smallest absolute Gasteiger partial charge is 0.251 e. The predicted octanol–water partition coefficient (Wildman–Crippen LogP) is 2.70. The lowest BCUT2D eigenvalue weighted by molar-refractivity contribution is -0.120. The zero-order chi connectivity index (χ0) is 18.4. The normalized spacial score (nSPS) is 12.0. The number of carbonyl (C=O) groups is 2. The summed E-state index contributed by atoms with van der Waals surface area (Å²) in [5, 5.41) is 4.99. The van der Waals surface area contributed by atoms with Gasteiger partial charge in [0.2, 0.25) is 5.91 Å². The fraction of sp³-hybridized carbons (Fsp3) is 0.333. The lowest BCUT2D eigenvalue weighted by Crippen LogP contribution is -2.39. The molecule has 25 heavy (non-hydrogen) atoms. The van der Waals surface area contributed by atoms with E-state index in [1.165, 1.54) is 11.3 Å². The van der Waals surface area contributed by atoms with Gasteiger partial charge in [-0.25, -0.2) is 0 Å². The topological polar surface area (TPSA) is 84.7 Å². The molecule has 0 fully saturated rings. The van der Waals surface area contributed by atoms with Crippen molar-refractivity contribution in [2.45, 2.75) is 26.4 Å². The van der Waals surface area contributed by atoms with E-state index in [0.29, 0.717) is 23.7 Å². The van der Waals surface area contributed by atoms with Crippen molar-refractivity contribution in [2.75, 3.05) is 19.0 Å². The van der Waals surface area contributed by atoms with Crippen molar-refractivity contribution in [3.8, 4) is 5.75 Å². The quantitative estimate of drug-likeness (QED) is 0.757. The molecule has 1 aromatic carbocycles. The first-order valence-electron chi connectivity index (χ1n) is 8.02. The minimum absolute atomic E-state index is 0.182. The van der Waals surface area contributed by atoms with Crippen LogP contribution in [0.3, 0.4) is 0 Å². The number of likely N-dealkylation sites (N-methyl/N-ethyl adjacent to an activating group) is 1. The molecule has 2 aromatic rings. The molecule has 134 valence electrons. The van der Waals surface area contributed by atoms with E-state index in [2.05, 4.69) is 5.32 Å². The van der Waals surface area contributed by atoms with E-state index < -0.39 is 5.91 Å². The first kappa shape index (κ1) is 19.0. The molecule has 0 radical (unpaired) electrons. The lowest BCUT2D eigenvalue weighted by Gasteiger charge is -2.24. The number of carbonyl (C=O) groups excluding carboxylic acids is 2. The van der Waals surface area contributed by atoms with E-state index in [1.54, 1.807) is 11.4 Å². The van der Waals surface area contributed by atoms with Gasteiger partial charge in [-0.15, -0.1) is 11.3 Å². The van der Waals surface area contributed by atoms with E-state index >= 15 is 0 Å². The number of thiophene rings is 1. The Labute approximate surface area is 151 Å².